The Morgan fingerprint density at radius 1 is 1.41 bits per heavy atom. The third-order valence-electron chi connectivity index (χ3n) is 3.66. The average molecular weight is 230 g/mol. The SMILES string of the molecule is COc1cc(C)cc2c3c([nH]c12)CC(N)CC3. The van der Waals surface area contributed by atoms with Crippen LogP contribution in [0.25, 0.3) is 10.9 Å². The van der Waals surface area contributed by atoms with Gasteiger partial charge in [-0.1, -0.05) is 0 Å². The smallest absolute Gasteiger partial charge is 0.143 e. The molecule has 1 heterocycles. The molecule has 0 saturated heterocycles. The summed E-state index contributed by atoms with van der Waals surface area (Å²) in [6.45, 7) is 2.11. The molecule has 3 rings (SSSR count). The number of rotatable bonds is 1. The van der Waals surface area contributed by atoms with Gasteiger partial charge in [-0.3, -0.25) is 0 Å². The highest BCUT2D eigenvalue weighted by Crippen LogP contribution is 2.34. The van der Waals surface area contributed by atoms with Crippen molar-refractivity contribution in [2.24, 2.45) is 5.73 Å². The van der Waals surface area contributed by atoms with E-state index in [0.717, 1.165) is 30.5 Å². The number of ether oxygens (including phenoxy) is 1. The Labute approximate surface area is 101 Å². The average Bonchev–Trinajstić information content (AvgIpc) is 2.65. The van der Waals surface area contributed by atoms with E-state index < -0.39 is 0 Å². The summed E-state index contributed by atoms with van der Waals surface area (Å²) >= 11 is 0. The first-order valence-corrected chi connectivity index (χ1v) is 6.12. The second kappa shape index (κ2) is 3.77. The molecule has 3 nitrogen and oxygen atoms in total. The molecule has 2 aromatic rings. The van der Waals surface area contributed by atoms with Crippen molar-refractivity contribution >= 4 is 10.9 Å². The number of hydrogen-bond donors (Lipinski definition) is 2. The van der Waals surface area contributed by atoms with Crippen molar-refractivity contribution in [1.82, 2.24) is 4.98 Å². The van der Waals surface area contributed by atoms with Crippen LogP contribution >= 0.6 is 0 Å². The van der Waals surface area contributed by atoms with Crippen molar-refractivity contribution in [2.75, 3.05) is 7.11 Å². The Morgan fingerprint density at radius 2 is 2.24 bits per heavy atom. The quantitative estimate of drug-likeness (QED) is 0.789. The standard InChI is InChI=1S/C14H18N2O/c1-8-5-11-10-4-3-9(15)7-12(10)16-14(11)13(6-8)17-2/h5-6,9,16H,3-4,7,15H2,1-2H3. The predicted molar refractivity (Wildman–Crippen MR) is 69.6 cm³/mol. The number of aryl methyl sites for hydroxylation is 2. The van der Waals surface area contributed by atoms with Crippen LogP contribution in [0.15, 0.2) is 12.1 Å². The summed E-state index contributed by atoms with van der Waals surface area (Å²) in [5, 5.41) is 1.31. The minimum Gasteiger partial charge on any atom is -0.495 e. The van der Waals surface area contributed by atoms with Crippen molar-refractivity contribution in [3.63, 3.8) is 0 Å². The Morgan fingerprint density at radius 3 is 3.00 bits per heavy atom. The van der Waals surface area contributed by atoms with Gasteiger partial charge in [0.2, 0.25) is 0 Å². The lowest BCUT2D eigenvalue weighted by Gasteiger charge is -2.17. The van der Waals surface area contributed by atoms with Gasteiger partial charge in [-0.2, -0.15) is 0 Å². The molecule has 0 amide bonds. The first-order chi connectivity index (χ1) is 8.19. The van der Waals surface area contributed by atoms with Gasteiger partial charge >= 0.3 is 0 Å². The molecular weight excluding hydrogens is 212 g/mol. The Hall–Kier alpha value is -1.48. The summed E-state index contributed by atoms with van der Waals surface area (Å²) in [5.41, 5.74) is 11.1. The Bertz CT molecular complexity index is 571. The number of aromatic amines is 1. The Balaban J connectivity index is 2.27. The summed E-state index contributed by atoms with van der Waals surface area (Å²) in [4.78, 5) is 3.49. The molecule has 17 heavy (non-hydrogen) atoms. The van der Waals surface area contributed by atoms with Crippen LogP contribution in [-0.4, -0.2) is 18.1 Å². The molecule has 0 bridgehead atoms. The molecule has 1 aliphatic carbocycles. The summed E-state index contributed by atoms with van der Waals surface area (Å²) < 4.78 is 5.45. The maximum atomic E-state index is 6.02. The zero-order chi connectivity index (χ0) is 12.0. The van der Waals surface area contributed by atoms with E-state index in [-0.39, 0.29) is 0 Å². The molecule has 0 radical (unpaired) electrons. The molecule has 0 spiro atoms. The van der Waals surface area contributed by atoms with Crippen LogP contribution < -0.4 is 10.5 Å². The summed E-state index contributed by atoms with van der Waals surface area (Å²) in [6, 6.07) is 4.61. The van der Waals surface area contributed by atoms with Crippen molar-refractivity contribution in [1.29, 1.82) is 0 Å². The first-order valence-electron chi connectivity index (χ1n) is 6.12. The van der Waals surface area contributed by atoms with E-state index in [1.165, 1.54) is 22.2 Å². The van der Waals surface area contributed by atoms with Crippen LogP contribution in [0.4, 0.5) is 0 Å². The summed E-state index contributed by atoms with van der Waals surface area (Å²) in [6.07, 6.45) is 3.10. The molecule has 1 aliphatic rings. The van der Waals surface area contributed by atoms with Crippen LogP contribution in [0.1, 0.15) is 23.2 Å². The molecule has 1 unspecified atom stereocenters. The normalized spacial score (nSPS) is 19.4. The molecule has 0 saturated carbocycles. The van der Waals surface area contributed by atoms with E-state index in [0.29, 0.717) is 6.04 Å². The molecule has 1 atom stereocenters. The number of nitrogens with one attached hydrogen (secondary N) is 1. The number of fused-ring (bicyclic) bond motifs is 3. The van der Waals surface area contributed by atoms with E-state index in [2.05, 4.69) is 24.0 Å². The second-order valence-electron chi connectivity index (χ2n) is 4.97. The first kappa shape index (κ1) is 10.7. The van der Waals surface area contributed by atoms with Gasteiger partial charge in [0.1, 0.15) is 5.75 Å². The van der Waals surface area contributed by atoms with E-state index in [9.17, 15) is 0 Å². The van der Waals surface area contributed by atoms with E-state index in [1.54, 1.807) is 7.11 Å². The molecule has 0 aliphatic heterocycles. The molecule has 1 aromatic carbocycles. The monoisotopic (exact) mass is 230 g/mol. The Kier molecular flexibility index (Phi) is 2.37. The summed E-state index contributed by atoms with van der Waals surface area (Å²) in [7, 11) is 1.72. The largest absolute Gasteiger partial charge is 0.495 e. The number of methoxy groups -OCH3 is 1. The van der Waals surface area contributed by atoms with Crippen LogP contribution in [0.3, 0.4) is 0 Å². The fourth-order valence-electron chi connectivity index (χ4n) is 2.82. The van der Waals surface area contributed by atoms with Gasteiger partial charge in [-0.05, 0) is 43.0 Å². The predicted octanol–water partition coefficient (Wildman–Crippen LogP) is 2.30. The zero-order valence-electron chi connectivity index (χ0n) is 10.3. The molecular formula is C14H18N2O. The topological polar surface area (TPSA) is 51.0 Å². The third kappa shape index (κ3) is 1.62. The molecule has 90 valence electrons. The van der Waals surface area contributed by atoms with Gasteiger partial charge in [0, 0.05) is 23.5 Å². The van der Waals surface area contributed by atoms with Crippen molar-refractivity contribution < 1.29 is 4.74 Å². The zero-order valence-corrected chi connectivity index (χ0v) is 10.3. The van der Waals surface area contributed by atoms with Crippen molar-refractivity contribution in [3.8, 4) is 5.75 Å². The van der Waals surface area contributed by atoms with Gasteiger partial charge in [0.05, 0.1) is 12.6 Å². The van der Waals surface area contributed by atoms with Crippen LogP contribution in [0.2, 0.25) is 0 Å². The van der Waals surface area contributed by atoms with Gasteiger partial charge in [-0.15, -0.1) is 0 Å². The van der Waals surface area contributed by atoms with Crippen LogP contribution in [-0.2, 0) is 12.8 Å². The third-order valence-corrected chi connectivity index (χ3v) is 3.66. The van der Waals surface area contributed by atoms with Gasteiger partial charge in [0.15, 0.2) is 0 Å². The van der Waals surface area contributed by atoms with Gasteiger partial charge in [0.25, 0.3) is 0 Å². The minimum absolute atomic E-state index is 0.294. The number of hydrogen-bond acceptors (Lipinski definition) is 2. The fraction of sp³-hybridized carbons (Fsp3) is 0.429. The molecule has 3 N–H and O–H groups in total. The summed E-state index contributed by atoms with van der Waals surface area (Å²) in [5.74, 6) is 0.933. The molecule has 0 fully saturated rings. The second-order valence-corrected chi connectivity index (χ2v) is 4.97. The lowest BCUT2D eigenvalue weighted by Crippen LogP contribution is -2.27. The molecule has 3 heteroatoms. The van der Waals surface area contributed by atoms with E-state index in [4.69, 9.17) is 10.5 Å². The van der Waals surface area contributed by atoms with Crippen LogP contribution in [0, 0.1) is 6.92 Å². The van der Waals surface area contributed by atoms with Gasteiger partial charge < -0.3 is 15.5 Å². The highest BCUT2D eigenvalue weighted by Gasteiger charge is 2.21. The number of benzene rings is 1. The molecule has 1 aromatic heterocycles. The van der Waals surface area contributed by atoms with Crippen molar-refractivity contribution in [3.05, 3.63) is 29.0 Å². The number of nitrogens with two attached hydrogens (primary N) is 1. The van der Waals surface area contributed by atoms with E-state index >= 15 is 0 Å². The number of H-pyrrole nitrogens is 1. The van der Waals surface area contributed by atoms with Gasteiger partial charge in [-0.25, -0.2) is 0 Å². The van der Waals surface area contributed by atoms with Crippen molar-refractivity contribution in [2.45, 2.75) is 32.2 Å². The fourth-order valence-corrected chi connectivity index (χ4v) is 2.82. The maximum absolute atomic E-state index is 6.02. The highest BCUT2D eigenvalue weighted by molar-refractivity contribution is 5.90. The lowest BCUT2D eigenvalue weighted by molar-refractivity contribution is 0.418. The van der Waals surface area contributed by atoms with Crippen LogP contribution in [0.5, 0.6) is 5.75 Å². The van der Waals surface area contributed by atoms with E-state index in [1.807, 2.05) is 0 Å². The number of aromatic nitrogens is 1. The highest BCUT2D eigenvalue weighted by atomic mass is 16.5. The minimum atomic E-state index is 0.294. The maximum Gasteiger partial charge on any atom is 0.143 e. The lowest BCUT2D eigenvalue weighted by atomic mass is 9.92.